The van der Waals surface area contributed by atoms with E-state index in [-0.39, 0.29) is 18.2 Å². The lowest BCUT2D eigenvalue weighted by Crippen LogP contribution is -2.37. The number of hydrogen-bond acceptors (Lipinski definition) is 6. The molecule has 30 heavy (non-hydrogen) atoms. The molecule has 10 heteroatoms. The molecule has 7 nitrogen and oxygen atoms in total. The van der Waals surface area contributed by atoms with Crippen LogP contribution < -0.4 is 14.8 Å². The molecule has 0 aliphatic carbocycles. The Morgan fingerprint density at radius 1 is 1.10 bits per heavy atom. The molecule has 1 aliphatic rings. The van der Waals surface area contributed by atoms with Crippen LogP contribution >= 0.6 is 0 Å². The van der Waals surface area contributed by atoms with Crippen LogP contribution in [-0.2, 0) is 0 Å². The number of benzene rings is 1. The molecule has 3 aromatic rings. The number of nitrogens with one attached hydrogen (secondary N) is 1. The number of nitrogens with zero attached hydrogens (tertiary/aromatic N) is 3. The number of anilines is 1. The molecular weight excluding hydrogens is 401 g/mol. The summed E-state index contributed by atoms with van der Waals surface area (Å²) in [6.45, 7) is 2.82. The number of alkyl halides is 1. The number of pyridine rings is 1. The molecular formula is C20H15F3N4O3. The van der Waals surface area contributed by atoms with Gasteiger partial charge in [-0.1, -0.05) is 0 Å². The van der Waals surface area contributed by atoms with E-state index in [0.717, 1.165) is 18.0 Å². The van der Waals surface area contributed by atoms with Gasteiger partial charge in [-0.25, -0.2) is 13.8 Å². The normalized spacial score (nSPS) is 17.5. The molecule has 154 valence electrons. The van der Waals surface area contributed by atoms with E-state index in [2.05, 4.69) is 20.3 Å². The largest absolute Gasteiger partial charge is 0.482 e. The Morgan fingerprint density at radius 3 is 2.50 bits per heavy atom. The summed E-state index contributed by atoms with van der Waals surface area (Å²) in [5.41, 5.74) is 1.09. The summed E-state index contributed by atoms with van der Waals surface area (Å²) in [7, 11) is 0. The molecule has 0 saturated heterocycles. The Balaban J connectivity index is 1.56. The molecule has 1 N–H and O–H groups in total. The quantitative estimate of drug-likeness (QED) is 0.698. The minimum absolute atomic E-state index is 0.00255. The lowest BCUT2D eigenvalue weighted by molar-refractivity contribution is -0.0965. The highest BCUT2D eigenvalue weighted by atomic mass is 19.2. The van der Waals surface area contributed by atoms with Crippen molar-refractivity contribution in [2.75, 3.05) is 11.9 Å². The molecule has 1 amide bonds. The van der Waals surface area contributed by atoms with E-state index in [4.69, 9.17) is 9.47 Å². The van der Waals surface area contributed by atoms with Crippen LogP contribution in [0.3, 0.4) is 0 Å². The molecule has 0 spiro atoms. The minimum atomic E-state index is -1.91. The molecule has 0 bridgehead atoms. The second kappa shape index (κ2) is 7.29. The van der Waals surface area contributed by atoms with Gasteiger partial charge in [0.25, 0.3) is 11.8 Å². The van der Waals surface area contributed by atoms with Crippen molar-refractivity contribution in [2.45, 2.75) is 19.7 Å². The summed E-state index contributed by atoms with van der Waals surface area (Å²) in [5.74, 6) is -4.45. The predicted molar refractivity (Wildman–Crippen MR) is 99.9 cm³/mol. The fourth-order valence-electron chi connectivity index (χ4n) is 2.93. The fraction of sp³-hybridized carbons (Fsp3) is 0.200. The van der Waals surface area contributed by atoms with Gasteiger partial charge in [-0.05, 0) is 24.6 Å². The van der Waals surface area contributed by atoms with Gasteiger partial charge in [0.2, 0.25) is 0 Å². The Kier molecular flexibility index (Phi) is 4.76. The lowest BCUT2D eigenvalue weighted by Gasteiger charge is -2.29. The first-order valence-electron chi connectivity index (χ1n) is 8.82. The maximum atomic E-state index is 14.0. The third-order valence-corrected chi connectivity index (χ3v) is 4.35. The number of hydrogen-bond donors (Lipinski definition) is 1. The Morgan fingerprint density at radius 2 is 1.83 bits per heavy atom. The van der Waals surface area contributed by atoms with E-state index < -0.39 is 29.0 Å². The third-order valence-electron chi connectivity index (χ3n) is 4.35. The molecule has 1 aliphatic heterocycles. The first kappa shape index (κ1) is 19.6. The summed E-state index contributed by atoms with van der Waals surface area (Å²) in [5, 5.41) is 2.29. The van der Waals surface area contributed by atoms with Crippen LogP contribution in [0.2, 0.25) is 0 Å². The number of aromatic nitrogens is 3. The van der Waals surface area contributed by atoms with E-state index >= 15 is 0 Å². The van der Waals surface area contributed by atoms with E-state index in [9.17, 15) is 18.0 Å². The van der Waals surface area contributed by atoms with Crippen molar-refractivity contribution in [1.29, 1.82) is 0 Å². The minimum Gasteiger partial charge on any atom is -0.482 e. The zero-order valence-electron chi connectivity index (χ0n) is 15.9. The number of carbonyl (C=O) groups is 1. The van der Waals surface area contributed by atoms with Crippen molar-refractivity contribution in [3.63, 3.8) is 0 Å². The van der Waals surface area contributed by atoms with Crippen molar-refractivity contribution in [2.24, 2.45) is 0 Å². The predicted octanol–water partition coefficient (Wildman–Crippen LogP) is 3.83. The van der Waals surface area contributed by atoms with Crippen molar-refractivity contribution < 1.29 is 27.4 Å². The van der Waals surface area contributed by atoms with Crippen molar-refractivity contribution in [3.8, 4) is 22.8 Å². The van der Waals surface area contributed by atoms with Crippen LogP contribution in [0.5, 0.6) is 11.5 Å². The Hall–Kier alpha value is -3.69. The number of fused-ring (bicyclic) bond motifs is 1. The topological polar surface area (TPSA) is 86.2 Å². The second-order valence-corrected chi connectivity index (χ2v) is 6.83. The van der Waals surface area contributed by atoms with Gasteiger partial charge in [-0.3, -0.25) is 14.8 Å². The zero-order chi connectivity index (χ0) is 21.5. The standard InChI is InChI=1S/C20H15F3N4O3/c1-10-3-16-15(29-9-20(2,23)30-16)4-11(10)14-7-26-17(8-25-14)27-19(28)18-12(21)5-24-6-13(18)22/h3-8H,9H2,1-2H3,(H,26,27,28). The smallest absolute Gasteiger partial charge is 0.279 e. The summed E-state index contributed by atoms with van der Waals surface area (Å²) in [6, 6.07) is 3.29. The van der Waals surface area contributed by atoms with Crippen LogP contribution in [0, 0.1) is 18.6 Å². The second-order valence-electron chi connectivity index (χ2n) is 6.83. The van der Waals surface area contributed by atoms with Gasteiger partial charge < -0.3 is 14.8 Å². The molecule has 2 aromatic heterocycles. The Bertz CT molecular complexity index is 1120. The highest BCUT2D eigenvalue weighted by molar-refractivity contribution is 6.04. The van der Waals surface area contributed by atoms with Gasteiger partial charge in [0.15, 0.2) is 35.6 Å². The van der Waals surface area contributed by atoms with Crippen LogP contribution in [0.15, 0.2) is 36.9 Å². The van der Waals surface area contributed by atoms with Gasteiger partial charge in [0.1, 0.15) is 5.56 Å². The maximum Gasteiger partial charge on any atom is 0.279 e. The van der Waals surface area contributed by atoms with Crippen molar-refractivity contribution >= 4 is 11.7 Å². The van der Waals surface area contributed by atoms with Gasteiger partial charge in [-0.2, -0.15) is 4.39 Å². The molecule has 3 heterocycles. The lowest BCUT2D eigenvalue weighted by atomic mass is 10.0. The van der Waals surface area contributed by atoms with Crippen LogP contribution in [0.1, 0.15) is 22.8 Å². The van der Waals surface area contributed by atoms with Crippen LogP contribution in [0.4, 0.5) is 19.0 Å². The number of carbonyl (C=O) groups excluding carboxylic acids is 1. The molecule has 0 radical (unpaired) electrons. The molecule has 1 atom stereocenters. The molecule has 0 fully saturated rings. The van der Waals surface area contributed by atoms with E-state index in [1.807, 2.05) is 0 Å². The highest BCUT2D eigenvalue weighted by Gasteiger charge is 2.33. The number of halogens is 3. The van der Waals surface area contributed by atoms with Crippen molar-refractivity contribution in [3.05, 3.63) is 59.7 Å². The molecule has 4 rings (SSSR count). The van der Waals surface area contributed by atoms with E-state index in [1.54, 1.807) is 19.1 Å². The third kappa shape index (κ3) is 3.76. The van der Waals surface area contributed by atoms with Gasteiger partial charge in [-0.15, -0.1) is 0 Å². The summed E-state index contributed by atoms with van der Waals surface area (Å²) in [4.78, 5) is 23.8. The number of aryl methyl sites for hydroxylation is 1. The number of rotatable bonds is 3. The van der Waals surface area contributed by atoms with E-state index in [1.165, 1.54) is 19.3 Å². The van der Waals surface area contributed by atoms with Crippen LogP contribution in [0.25, 0.3) is 11.3 Å². The molecule has 1 aromatic carbocycles. The SMILES string of the molecule is Cc1cc2c(cc1-c1cnc(NC(=O)c3c(F)cncc3F)cn1)OCC(C)(F)O2. The molecule has 1 unspecified atom stereocenters. The summed E-state index contributed by atoms with van der Waals surface area (Å²) in [6.07, 6.45) is 4.11. The Labute approximate surface area is 168 Å². The monoisotopic (exact) mass is 416 g/mol. The first-order valence-corrected chi connectivity index (χ1v) is 8.82. The summed E-state index contributed by atoms with van der Waals surface area (Å²) < 4.78 is 52.0. The maximum absolute atomic E-state index is 14.0. The van der Waals surface area contributed by atoms with Crippen LogP contribution in [-0.4, -0.2) is 33.3 Å². The first-order chi connectivity index (χ1) is 14.2. The average Bonchev–Trinajstić information content (AvgIpc) is 2.67. The average molecular weight is 416 g/mol. The number of amides is 1. The van der Waals surface area contributed by atoms with E-state index in [0.29, 0.717) is 17.0 Å². The van der Waals surface area contributed by atoms with Gasteiger partial charge in [0.05, 0.1) is 30.5 Å². The number of ether oxygens (including phenoxy) is 2. The van der Waals surface area contributed by atoms with Gasteiger partial charge >= 0.3 is 0 Å². The highest BCUT2D eigenvalue weighted by Crippen LogP contribution is 2.40. The summed E-state index contributed by atoms with van der Waals surface area (Å²) >= 11 is 0. The van der Waals surface area contributed by atoms with Gasteiger partial charge in [0, 0.05) is 12.5 Å². The van der Waals surface area contributed by atoms with Crippen molar-refractivity contribution in [1.82, 2.24) is 15.0 Å². The molecule has 0 saturated carbocycles. The fourth-order valence-corrected chi connectivity index (χ4v) is 2.93. The zero-order valence-corrected chi connectivity index (χ0v) is 15.9.